The highest BCUT2D eigenvalue weighted by molar-refractivity contribution is 7.93. The number of hydrogen-bond acceptors (Lipinski definition) is 3. The van der Waals surface area contributed by atoms with Crippen molar-refractivity contribution in [3.05, 3.63) is 28.8 Å². The minimum Gasteiger partial charge on any atom is -0.478 e. The Bertz CT molecular complexity index is 566. The number of carboxylic acid groups (broad SMARTS) is 1. The van der Waals surface area contributed by atoms with Crippen LogP contribution in [0, 0.1) is 0 Å². The van der Waals surface area contributed by atoms with Gasteiger partial charge in [-0.1, -0.05) is 11.6 Å². The molecule has 0 bridgehead atoms. The molecule has 0 aliphatic heterocycles. The topological polar surface area (TPSA) is 83.5 Å². The first kappa shape index (κ1) is 12.2. The second-order valence-electron chi connectivity index (χ2n) is 3.85. The van der Waals surface area contributed by atoms with Crippen molar-refractivity contribution in [2.24, 2.45) is 0 Å². The monoisotopic (exact) mass is 275 g/mol. The van der Waals surface area contributed by atoms with Gasteiger partial charge in [0.25, 0.3) is 0 Å². The van der Waals surface area contributed by atoms with Crippen LogP contribution in [0.1, 0.15) is 23.2 Å². The summed E-state index contributed by atoms with van der Waals surface area (Å²) in [5.41, 5.74) is 0.0985. The van der Waals surface area contributed by atoms with Gasteiger partial charge in [-0.3, -0.25) is 4.72 Å². The minimum atomic E-state index is -3.38. The maximum atomic E-state index is 11.6. The van der Waals surface area contributed by atoms with E-state index in [-0.39, 0.29) is 21.5 Å². The lowest BCUT2D eigenvalue weighted by molar-refractivity contribution is 0.0697. The van der Waals surface area contributed by atoms with Crippen LogP contribution in [0.4, 0.5) is 5.69 Å². The van der Waals surface area contributed by atoms with Gasteiger partial charge in [-0.25, -0.2) is 13.2 Å². The second-order valence-corrected chi connectivity index (χ2v) is 6.21. The zero-order valence-electron chi connectivity index (χ0n) is 8.68. The second kappa shape index (κ2) is 4.19. The van der Waals surface area contributed by atoms with E-state index in [2.05, 4.69) is 4.72 Å². The van der Waals surface area contributed by atoms with Crippen molar-refractivity contribution in [3.8, 4) is 0 Å². The largest absolute Gasteiger partial charge is 0.478 e. The molecule has 0 unspecified atom stereocenters. The lowest BCUT2D eigenvalue weighted by Crippen LogP contribution is -2.17. The summed E-state index contributed by atoms with van der Waals surface area (Å²) in [4.78, 5) is 10.8. The van der Waals surface area contributed by atoms with E-state index >= 15 is 0 Å². The molecule has 0 saturated heterocycles. The Morgan fingerprint density at radius 1 is 1.41 bits per heavy atom. The molecule has 5 nitrogen and oxygen atoms in total. The van der Waals surface area contributed by atoms with E-state index in [4.69, 9.17) is 16.7 Å². The molecular formula is C10H10ClNO4S. The summed E-state index contributed by atoms with van der Waals surface area (Å²) in [5.74, 6) is -1.19. The highest BCUT2D eigenvalue weighted by Gasteiger charge is 2.35. The average Bonchev–Trinajstić information content (AvgIpc) is 3.03. The maximum absolute atomic E-state index is 11.6. The molecule has 0 spiro atoms. The van der Waals surface area contributed by atoms with Crippen molar-refractivity contribution >= 4 is 33.3 Å². The minimum absolute atomic E-state index is 0.0758. The van der Waals surface area contributed by atoms with Gasteiger partial charge in [0, 0.05) is 5.69 Å². The first-order chi connectivity index (χ1) is 7.90. The third-order valence-electron chi connectivity index (χ3n) is 2.42. The van der Waals surface area contributed by atoms with E-state index in [1.807, 2.05) is 0 Å². The fraction of sp³-hybridized carbons (Fsp3) is 0.300. The molecule has 1 fully saturated rings. The van der Waals surface area contributed by atoms with Crippen molar-refractivity contribution < 1.29 is 18.3 Å². The number of carbonyl (C=O) groups is 1. The van der Waals surface area contributed by atoms with Gasteiger partial charge in [0.05, 0.1) is 15.8 Å². The number of halogens is 1. The summed E-state index contributed by atoms with van der Waals surface area (Å²) >= 11 is 5.68. The van der Waals surface area contributed by atoms with Gasteiger partial charge in [0.2, 0.25) is 10.0 Å². The summed E-state index contributed by atoms with van der Waals surface area (Å²) in [6.07, 6.45) is 1.30. The van der Waals surface area contributed by atoms with Gasteiger partial charge >= 0.3 is 5.97 Å². The first-order valence-corrected chi connectivity index (χ1v) is 6.87. The number of nitrogens with one attached hydrogen (secondary N) is 1. The van der Waals surface area contributed by atoms with E-state index in [0.29, 0.717) is 12.8 Å². The quantitative estimate of drug-likeness (QED) is 0.880. The van der Waals surface area contributed by atoms with Crippen molar-refractivity contribution in [1.29, 1.82) is 0 Å². The van der Waals surface area contributed by atoms with Crippen molar-refractivity contribution in [2.45, 2.75) is 18.1 Å². The van der Waals surface area contributed by atoms with Crippen LogP contribution in [0.25, 0.3) is 0 Å². The number of hydrogen-bond donors (Lipinski definition) is 2. The highest BCUT2D eigenvalue weighted by Crippen LogP contribution is 2.30. The molecule has 0 heterocycles. The van der Waals surface area contributed by atoms with Gasteiger partial charge in [-0.15, -0.1) is 0 Å². The molecular weight excluding hydrogens is 266 g/mol. The summed E-state index contributed by atoms with van der Waals surface area (Å²) in [6, 6.07) is 4.01. The van der Waals surface area contributed by atoms with Crippen LogP contribution >= 0.6 is 11.6 Å². The van der Waals surface area contributed by atoms with Crippen LogP contribution in [0.5, 0.6) is 0 Å². The van der Waals surface area contributed by atoms with E-state index in [1.165, 1.54) is 18.2 Å². The normalized spacial score (nSPS) is 15.6. The lowest BCUT2D eigenvalue weighted by atomic mass is 10.2. The van der Waals surface area contributed by atoms with E-state index in [0.717, 1.165) is 0 Å². The van der Waals surface area contributed by atoms with Crippen LogP contribution in [-0.4, -0.2) is 24.7 Å². The molecule has 2 rings (SSSR count). The number of rotatable bonds is 4. The van der Waals surface area contributed by atoms with E-state index in [9.17, 15) is 13.2 Å². The summed E-state index contributed by atoms with van der Waals surface area (Å²) < 4.78 is 25.6. The summed E-state index contributed by atoms with van der Waals surface area (Å²) in [6.45, 7) is 0. The van der Waals surface area contributed by atoms with Crippen LogP contribution in [-0.2, 0) is 10.0 Å². The number of anilines is 1. The number of carboxylic acids is 1. The first-order valence-electron chi connectivity index (χ1n) is 4.94. The van der Waals surface area contributed by atoms with Crippen LogP contribution in [0.3, 0.4) is 0 Å². The third-order valence-corrected chi connectivity index (χ3v) is 4.62. The zero-order valence-corrected chi connectivity index (χ0v) is 10.3. The maximum Gasteiger partial charge on any atom is 0.337 e. The molecule has 1 aromatic rings. The molecule has 2 N–H and O–H groups in total. The predicted molar refractivity (Wildman–Crippen MR) is 64.0 cm³/mol. The van der Waals surface area contributed by atoms with Gasteiger partial charge in [0.1, 0.15) is 0 Å². The Morgan fingerprint density at radius 3 is 2.59 bits per heavy atom. The fourth-order valence-electron chi connectivity index (χ4n) is 1.38. The van der Waals surface area contributed by atoms with Crippen molar-refractivity contribution in [1.82, 2.24) is 0 Å². The van der Waals surface area contributed by atoms with Gasteiger partial charge < -0.3 is 5.11 Å². The SMILES string of the molecule is O=C(O)c1cc(NS(=O)(=O)C2CC2)ccc1Cl. The number of benzene rings is 1. The van der Waals surface area contributed by atoms with Crippen LogP contribution in [0.15, 0.2) is 18.2 Å². The molecule has 1 aliphatic rings. The molecule has 0 radical (unpaired) electrons. The number of aromatic carboxylic acids is 1. The predicted octanol–water partition coefficient (Wildman–Crippen LogP) is 1.94. The molecule has 7 heteroatoms. The molecule has 1 saturated carbocycles. The Morgan fingerprint density at radius 2 is 2.06 bits per heavy atom. The van der Waals surface area contributed by atoms with Crippen molar-refractivity contribution in [2.75, 3.05) is 4.72 Å². The lowest BCUT2D eigenvalue weighted by Gasteiger charge is -2.08. The highest BCUT2D eigenvalue weighted by atomic mass is 35.5. The van der Waals surface area contributed by atoms with Crippen LogP contribution < -0.4 is 4.72 Å². The Balaban J connectivity index is 2.28. The molecule has 92 valence electrons. The molecule has 17 heavy (non-hydrogen) atoms. The smallest absolute Gasteiger partial charge is 0.337 e. The standard InChI is InChI=1S/C10H10ClNO4S/c11-9-4-1-6(5-8(9)10(13)14)12-17(15,16)7-2-3-7/h1,4-5,7,12H,2-3H2,(H,13,14). The Kier molecular flexibility index (Phi) is 3.01. The summed E-state index contributed by atoms with van der Waals surface area (Å²) in [5, 5.41) is 8.57. The van der Waals surface area contributed by atoms with Gasteiger partial charge in [0.15, 0.2) is 0 Å². The fourth-order valence-corrected chi connectivity index (χ4v) is 2.96. The van der Waals surface area contributed by atoms with Gasteiger partial charge in [-0.2, -0.15) is 0 Å². The number of sulfonamides is 1. The zero-order chi connectivity index (χ0) is 12.6. The summed E-state index contributed by atoms with van der Waals surface area (Å²) in [7, 11) is -3.38. The molecule has 0 aromatic heterocycles. The van der Waals surface area contributed by atoms with E-state index in [1.54, 1.807) is 0 Å². The Labute approximate surface area is 103 Å². The Hall–Kier alpha value is -1.27. The van der Waals surface area contributed by atoms with Gasteiger partial charge in [-0.05, 0) is 31.0 Å². The molecule has 1 aliphatic carbocycles. The third kappa shape index (κ3) is 2.70. The molecule has 1 aromatic carbocycles. The molecule has 0 atom stereocenters. The average molecular weight is 276 g/mol. The molecule has 0 amide bonds. The van der Waals surface area contributed by atoms with Crippen LogP contribution in [0.2, 0.25) is 5.02 Å². The van der Waals surface area contributed by atoms with E-state index < -0.39 is 16.0 Å². The van der Waals surface area contributed by atoms with Crippen molar-refractivity contribution in [3.63, 3.8) is 0 Å².